The third kappa shape index (κ3) is 6.63. The molecule has 0 saturated carbocycles. The Bertz CT molecular complexity index is 1240. The van der Waals surface area contributed by atoms with Crippen LogP contribution < -0.4 is 9.64 Å². The second kappa shape index (κ2) is 15.6. The number of aliphatic hydroxyl groups excluding tert-OH is 1. The van der Waals surface area contributed by atoms with Gasteiger partial charge < -0.3 is 29.3 Å². The van der Waals surface area contributed by atoms with E-state index in [-0.39, 0.29) is 36.8 Å². The van der Waals surface area contributed by atoms with Crippen molar-refractivity contribution in [3.8, 4) is 5.75 Å². The summed E-state index contributed by atoms with van der Waals surface area (Å²) in [6.45, 7) is 18.2. The Morgan fingerprint density at radius 1 is 1.04 bits per heavy atom. The number of fused-ring (bicyclic) bond motifs is 1. The molecule has 0 aliphatic carbocycles. The van der Waals surface area contributed by atoms with E-state index < -0.39 is 29.1 Å². The maximum absolute atomic E-state index is 14.8. The van der Waals surface area contributed by atoms with Crippen molar-refractivity contribution in [2.24, 2.45) is 17.8 Å². The summed E-state index contributed by atoms with van der Waals surface area (Å²) >= 11 is 0. The second-order valence-corrected chi connectivity index (χ2v) is 13.3. The molecule has 9 heteroatoms. The average Bonchev–Trinajstić information content (AvgIpc) is 3.55. The maximum atomic E-state index is 14.8. The maximum Gasteiger partial charge on any atom is 0.248 e. The number of nitrogens with zero attached hydrogens (tertiary/aromatic N) is 3. The van der Waals surface area contributed by atoms with Crippen molar-refractivity contribution >= 4 is 23.4 Å². The van der Waals surface area contributed by atoms with E-state index in [0.29, 0.717) is 56.9 Å². The fraction of sp³-hybridized carbons (Fsp3) is 0.649. The van der Waals surface area contributed by atoms with E-state index >= 15 is 0 Å². The predicted molar refractivity (Wildman–Crippen MR) is 180 cm³/mol. The number of anilines is 1. The lowest BCUT2D eigenvalue weighted by Gasteiger charge is -2.39. The number of ether oxygens (including phenoxy) is 2. The quantitative estimate of drug-likeness (QED) is 0.162. The number of unbranched alkanes of at least 4 members (excludes halogenated alkanes) is 5. The van der Waals surface area contributed by atoms with E-state index in [0.717, 1.165) is 32.1 Å². The van der Waals surface area contributed by atoms with Gasteiger partial charge in [0.1, 0.15) is 17.4 Å². The molecule has 4 rings (SSSR count). The van der Waals surface area contributed by atoms with Crippen LogP contribution in [-0.2, 0) is 19.1 Å². The Morgan fingerprint density at radius 3 is 2.37 bits per heavy atom. The smallest absolute Gasteiger partial charge is 0.248 e. The van der Waals surface area contributed by atoms with Crippen LogP contribution in [0.25, 0.3) is 0 Å². The molecular formula is C37H55N3O6. The van der Waals surface area contributed by atoms with Crippen molar-refractivity contribution in [2.75, 3.05) is 44.3 Å². The highest BCUT2D eigenvalue weighted by molar-refractivity contribution is 6.03. The van der Waals surface area contributed by atoms with Crippen LogP contribution >= 0.6 is 0 Å². The lowest BCUT2D eigenvalue weighted by Crippen LogP contribution is -2.57. The van der Waals surface area contributed by atoms with Crippen LogP contribution in [-0.4, -0.2) is 89.3 Å². The first-order valence-corrected chi connectivity index (χ1v) is 17.3. The first-order chi connectivity index (χ1) is 22.1. The zero-order chi connectivity index (χ0) is 33.5. The average molecular weight is 638 g/mol. The minimum Gasteiger partial charge on any atom is -0.494 e. The van der Waals surface area contributed by atoms with Crippen molar-refractivity contribution < 1.29 is 29.0 Å². The molecule has 0 radical (unpaired) electrons. The predicted octanol–water partition coefficient (Wildman–Crippen LogP) is 5.37. The highest BCUT2D eigenvalue weighted by atomic mass is 16.5. The summed E-state index contributed by atoms with van der Waals surface area (Å²) in [5, 5.41) is 9.26. The number of benzene rings is 1. The van der Waals surface area contributed by atoms with Crippen LogP contribution in [0.15, 0.2) is 49.6 Å². The van der Waals surface area contributed by atoms with Crippen LogP contribution in [0.5, 0.6) is 5.75 Å². The van der Waals surface area contributed by atoms with Gasteiger partial charge in [0.25, 0.3) is 0 Å². The normalized spacial score (nSPS) is 27.8. The molecule has 1 aromatic carbocycles. The highest BCUT2D eigenvalue weighted by Crippen LogP contribution is 2.65. The third-order valence-electron chi connectivity index (χ3n) is 10.4. The van der Waals surface area contributed by atoms with Crippen LogP contribution in [0.1, 0.15) is 79.1 Å². The van der Waals surface area contributed by atoms with Gasteiger partial charge in [-0.05, 0) is 69.7 Å². The van der Waals surface area contributed by atoms with Gasteiger partial charge in [0.15, 0.2) is 0 Å². The number of carbonyl (C=O) groups is 3. The van der Waals surface area contributed by atoms with Gasteiger partial charge in [0.2, 0.25) is 17.7 Å². The standard InChI is InChI=1S/C37H55N3O6/c1-7-11-14-23-38(21-8-2)35(44)32-37-26-27(5)36(6,46-37)30(31(37)34(43)40(32)24-15-12-13-16-25-41)33(42)39(22-9-3)28-17-19-29(20-18-28)45-10-4/h8-9,17-20,27,30-32,41H,2-3,7,10-16,21-26H2,1,4-6H3/t27?,30-,31-,32?,36+,37?/m0/s1. The van der Waals surface area contributed by atoms with Gasteiger partial charge in [-0.2, -0.15) is 0 Å². The highest BCUT2D eigenvalue weighted by Gasteiger charge is 2.80. The monoisotopic (exact) mass is 637 g/mol. The van der Waals surface area contributed by atoms with Crippen molar-refractivity contribution in [1.29, 1.82) is 0 Å². The Kier molecular flexibility index (Phi) is 12.1. The lowest BCUT2D eigenvalue weighted by atomic mass is 9.62. The Hall–Kier alpha value is -3.17. The minimum absolute atomic E-state index is 0.0517. The molecule has 3 fully saturated rings. The van der Waals surface area contributed by atoms with Gasteiger partial charge in [-0.15, -0.1) is 13.2 Å². The molecule has 3 saturated heterocycles. The van der Waals surface area contributed by atoms with E-state index in [1.54, 1.807) is 22.0 Å². The number of hydrogen-bond donors (Lipinski definition) is 1. The summed E-state index contributed by atoms with van der Waals surface area (Å²) in [6, 6.07) is 6.57. The molecule has 1 aromatic rings. The molecule has 254 valence electrons. The molecule has 9 nitrogen and oxygen atoms in total. The van der Waals surface area contributed by atoms with Crippen molar-refractivity contribution in [1.82, 2.24) is 9.80 Å². The van der Waals surface area contributed by atoms with Crippen molar-refractivity contribution in [3.05, 3.63) is 49.6 Å². The summed E-state index contributed by atoms with van der Waals surface area (Å²) in [7, 11) is 0. The number of likely N-dealkylation sites (tertiary alicyclic amines) is 1. The Labute approximate surface area is 275 Å². The van der Waals surface area contributed by atoms with E-state index in [2.05, 4.69) is 27.0 Å². The summed E-state index contributed by atoms with van der Waals surface area (Å²) < 4.78 is 12.6. The summed E-state index contributed by atoms with van der Waals surface area (Å²) in [5.41, 5.74) is -1.33. The molecular weight excluding hydrogens is 582 g/mol. The number of hydrogen-bond acceptors (Lipinski definition) is 6. The topological polar surface area (TPSA) is 99.6 Å². The molecule has 3 heterocycles. The van der Waals surface area contributed by atoms with Crippen molar-refractivity contribution in [3.63, 3.8) is 0 Å². The number of aliphatic hydroxyl groups is 1. The summed E-state index contributed by atoms with van der Waals surface area (Å²) in [4.78, 5) is 49.3. The molecule has 6 atom stereocenters. The van der Waals surface area contributed by atoms with Gasteiger partial charge in [-0.1, -0.05) is 51.7 Å². The summed E-state index contributed by atoms with van der Waals surface area (Å²) in [6.07, 6.45) is 9.93. The SMILES string of the molecule is C=CCN(CCCCC)C(=O)C1N(CCCCCCO)C(=O)[C@@H]2[C@@H](C(=O)N(CC=C)c3ccc(OCC)cc3)[C@]3(C)OC12CC3C. The van der Waals surface area contributed by atoms with Gasteiger partial charge in [0, 0.05) is 38.5 Å². The number of carbonyl (C=O) groups excluding carboxylic acids is 3. The van der Waals surface area contributed by atoms with Gasteiger partial charge in [-0.3, -0.25) is 14.4 Å². The first-order valence-electron chi connectivity index (χ1n) is 17.3. The Balaban J connectivity index is 1.74. The molecule has 1 spiro atoms. The number of rotatable bonds is 19. The van der Waals surface area contributed by atoms with Crippen molar-refractivity contribution in [2.45, 2.75) is 96.3 Å². The molecule has 1 N–H and O–H groups in total. The lowest BCUT2D eigenvalue weighted by molar-refractivity contribution is -0.152. The van der Waals surface area contributed by atoms with Crippen LogP contribution in [0.4, 0.5) is 5.69 Å². The molecule has 0 aromatic heterocycles. The van der Waals surface area contributed by atoms with Crippen LogP contribution in [0, 0.1) is 17.8 Å². The Morgan fingerprint density at radius 2 is 1.74 bits per heavy atom. The zero-order valence-electron chi connectivity index (χ0n) is 28.4. The fourth-order valence-corrected chi connectivity index (χ4v) is 8.06. The van der Waals surface area contributed by atoms with E-state index in [9.17, 15) is 19.5 Å². The summed E-state index contributed by atoms with van der Waals surface area (Å²) in [5.74, 6) is -1.37. The molecule has 3 aliphatic rings. The minimum atomic E-state index is -1.10. The van der Waals surface area contributed by atoms with Gasteiger partial charge in [0.05, 0.1) is 24.0 Å². The van der Waals surface area contributed by atoms with E-state index in [4.69, 9.17) is 9.47 Å². The van der Waals surface area contributed by atoms with E-state index in [1.807, 2.05) is 43.0 Å². The fourth-order valence-electron chi connectivity index (χ4n) is 8.06. The molecule has 3 aliphatic heterocycles. The van der Waals surface area contributed by atoms with Gasteiger partial charge >= 0.3 is 0 Å². The molecule has 46 heavy (non-hydrogen) atoms. The molecule has 3 amide bonds. The second-order valence-electron chi connectivity index (χ2n) is 13.3. The molecule has 2 bridgehead atoms. The molecule has 3 unspecified atom stereocenters. The third-order valence-corrected chi connectivity index (χ3v) is 10.4. The number of amides is 3. The van der Waals surface area contributed by atoms with Crippen LogP contribution in [0.2, 0.25) is 0 Å². The first kappa shape index (κ1) is 35.7. The van der Waals surface area contributed by atoms with E-state index in [1.165, 1.54) is 0 Å². The van der Waals surface area contributed by atoms with Crippen LogP contribution in [0.3, 0.4) is 0 Å². The largest absolute Gasteiger partial charge is 0.494 e. The van der Waals surface area contributed by atoms with Gasteiger partial charge in [-0.25, -0.2) is 0 Å². The zero-order valence-corrected chi connectivity index (χ0v) is 28.4.